The Morgan fingerprint density at radius 3 is 2.30 bits per heavy atom. The first-order valence-electron chi connectivity index (χ1n) is 15.5. The van der Waals surface area contributed by atoms with Crippen LogP contribution in [0.1, 0.15) is 90.4 Å². The summed E-state index contributed by atoms with van der Waals surface area (Å²) in [7, 11) is 0. The summed E-state index contributed by atoms with van der Waals surface area (Å²) < 4.78 is 11.4. The van der Waals surface area contributed by atoms with Gasteiger partial charge in [0.1, 0.15) is 36.7 Å². The van der Waals surface area contributed by atoms with Crippen LogP contribution < -0.4 is 16.0 Å². The largest absolute Gasteiger partial charge is 0.368 e. The van der Waals surface area contributed by atoms with Gasteiger partial charge in [0.2, 0.25) is 23.6 Å². The van der Waals surface area contributed by atoms with E-state index in [1.165, 1.54) is 23.5 Å². The zero-order chi connectivity index (χ0) is 34.2. The number of aromatic nitrogens is 4. The van der Waals surface area contributed by atoms with Crippen molar-refractivity contribution in [2.75, 3.05) is 6.54 Å². The van der Waals surface area contributed by atoms with Gasteiger partial charge in [0.05, 0.1) is 18.3 Å². The van der Waals surface area contributed by atoms with Crippen molar-refractivity contribution in [3.05, 3.63) is 36.0 Å². The van der Waals surface area contributed by atoms with Crippen molar-refractivity contribution < 1.29 is 33.2 Å². The fraction of sp³-hybridized carbons (Fsp3) is 0.645. The molecule has 1 saturated heterocycles. The van der Waals surface area contributed by atoms with Crippen molar-refractivity contribution in [2.24, 2.45) is 11.8 Å². The summed E-state index contributed by atoms with van der Waals surface area (Å²) in [5, 5.41) is 12.2. The molecular weight excluding hydrogens is 596 g/mol. The average Bonchev–Trinajstić information content (AvgIpc) is 3.67. The van der Waals surface area contributed by atoms with E-state index < -0.39 is 53.9 Å². The van der Waals surface area contributed by atoms with Crippen LogP contribution in [0.2, 0.25) is 0 Å². The van der Waals surface area contributed by atoms with Gasteiger partial charge in [0.15, 0.2) is 5.82 Å². The third kappa shape index (κ3) is 9.37. The normalized spacial score (nSPS) is 18.6. The highest BCUT2D eigenvalue weighted by molar-refractivity contribution is 5.98. The fourth-order valence-corrected chi connectivity index (χ4v) is 4.83. The molecule has 0 aromatic carbocycles. The molecule has 1 aliphatic rings. The minimum absolute atomic E-state index is 0.00155. The van der Waals surface area contributed by atoms with Crippen LogP contribution in [-0.4, -0.2) is 91.7 Å². The van der Waals surface area contributed by atoms with Crippen molar-refractivity contribution in [3.8, 4) is 0 Å². The lowest BCUT2D eigenvalue weighted by molar-refractivity contribution is -0.143. The minimum atomic E-state index is -1.03. The molecule has 0 aliphatic carbocycles. The maximum atomic E-state index is 14.1. The van der Waals surface area contributed by atoms with E-state index in [-0.39, 0.29) is 42.5 Å². The summed E-state index contributed by atoms with van der Waals surface area (Å²) in [6.07, 6.45) is 4.70. The van der Waals surface area contributed by atoms with E-state index in [0.717, 1.165) is 0 Å². The molecule has 0 unspecified atom stereocenters. The lowest BCUT2D eigenvalue weighted by Gasteiger charge is -2.32. The van der Waals surface area contributed by atoms with Crippen LogP contribution in [0.25, 0.3) is 0 Å². The number of rotatable bonds is 14. The lowest BCUT2D eigenvalue weighted by Crippen LogP contribution is -2.59. The first-order chi connectivity index (χ1) is 21.7. The molecule has 1 fully saturated rings. The molecule has 0 saturated carbocycles. The highest BCUT2D eigenvalue weighted by Gasteiger charge is 2.44. The number of nitrogens with zero attached hydrogens (tertiary/aromatic N) is 5. The Bertz CT molecular complexity index is 1360. The summed E-state index contributed by atoms with van der Waals surface area (Å²) in [5.74, 6) is -2.06. The lowest BCUT2D eigenvalue weighted by atomic mass is 9.97. The highest BCUT2D eigenvalue weighted by atomic mass is 16.5. The number of carbonyl (C=O) groups excluding carboxylic acids is 5. The number of likely N-dealkylation sites (tertiary alicyclic amines) is 1. The summed E-state index contributed by atoms with van der Waals surface area (Å²) >= 11 is 0. The molecule has 3 heterocycles. The zero-order valence-corrected chi connectivity index (χ0v) is 27.8. The summed E-state index contributed by atoms with van der Waals surface area (Å²) in [6, 6.07) is -3.69. The van der Waals surface area contributed by atoms with E-state index in [0.29, 0.717) is 24.4 Å². The quantitative estimate of drug-likeness (QED) is 0.251. The molecule has 4 amide bonds. The molecule has 2 aromatic rings. The number of ether oxygens (including phenoxy) is 1. The molecule has 252 valence electrons. The van der Waals surface area contributed by atoms with E-state index >= 15 is 0 Å². The number of nitrogens with one attached hydrogen (secondary N) is 3. The Balaban J connectivity index is 1.79. The van der Waals surface area contributed by atoms with Gasteiger partial charge in [-0.2, -0.15) is 4.98 Å². The van der Waals surface area contributed by atoms with Crippen molar-refractivity contribution >= 4 is 29.9 Å². The third-order valence-corrected chi connectivity index (χ3v) is 7.60. The minimum Gasteiger partial charge on any atom is -0.368 e. The second kappa shape index (κ2) is 15.8. The first kappa shape index (κ1) is 36.2. The molecule has 1 aliphatic heterocycles. The Labute approximate surface area is 269 Å². The van der Waals surface area contributed by atoms with E-state index in [4.69, 9.17) is 9.26 Å². The number of hydrogen-bond acceptors (Lipinski definition) is 11. The van der Waals surface area contributed by atoms with Crippen LogP contribution >= 0.6 is 0 Å². The Hall–Kier alpha value is -4.27. The van der Waals surface area contributed by atoms with Gasteiger partial charge in [-0.25, -0.2) is 4.98 Å². The predicted octanol–water partition coefficient (Wildman–Crippen LogP) is 1.33. The number of amides is 4. The van der Waals surface area contributed by atoms with E-state index in [9.17, 15) is 24.0 Å². The standard InChI is InChI=1S/C31H46N8O7/c1-9-19(15-40)34-27(42)22-12-20(45-16-23-35-30(46-38-23)31(6,7)8)14-39(22)29(44)25(18(4)5)37-28(43)24(17(2)3)36-26(41)21-13-32-10-11-33-21/h10-11,13,15,17-20,22,24-25H,9,12,14,16H2,1-8H3,(H,34,42)(H,36,41)(H,37,43)/t19-,20+,22-,24-,25-/m0/s1. The van der Waals surface area contributed by atoms with Gasteiger partial charge < -0.3 is 34.9 Å². The van der Waals surface area contributed by atoms with Crippen molar-refractivity contribution in [1.82, 2.24) is 41.0 Å². The molecule has 3 rings (SSSR count). The topological polar surface area (TPSA) is 199 Å². The fourth-order valence-electron chi connectivity index (χ4n) is 4.83. The van der Waals surface area contributed by atoms with Gasteiger partial charge in [0, 0.05) is 30.8 Å². The summed E-state index contributed by atoms with van der Waals surface area (Å²) in [5.41, 5.74) is -0.298. The van der Waals surface area contributed by atoms with Crippen molar-refractivity contribution in [3.63, 3.8) is 0 Å². The highest BCUT2D eigenvalue weighted by Crippen LogP contribution is 2.25. The monoisotopic (exact) mass is 642 g/mol. The second-order valence-electron chi connectivity index (χ2n) is 13.1. The van der Waals surface area contributed by atoms with Crippen LogP contribution in [0.3, 0.4) is 0 Å². The molecule has 5 atom stereocenters. The Morgan fingerprint density at radius 2 is 1.76 bits per heavy atom. The van der Waals surface area contributed by atoms with Gasteiger partial charge in [-0.3, -0.25) is 24.2 Å². The van der Waals surface area contributed by atoms with Gasteiger partial charge in [-0.05, 0) is 18.3 Å². The van der Waals surface area contributed by atoms with E-state index in [1.54, 1.807) is 34.6 Å². The average molecular weight is 643 g/mol. The number of hydrogen-bond donors (Lipinski definition) is 3. The van der Waals surface area contributed by atoms with Crippen LogP contribution in [0.5, 0.6) is 0 Å². The predicted molar refractivity (Wildman–Crippen MR) is 165 cm³/mol. The SMILES string of the molecule is CC[C@@H](C=O)NC(=O)[C@@H]1C[C@@H](OCc2noc(C(C)(C)C)n2)CN1C(=O)[C@@H](NC(=O)[C@@H](NC(=O)c1cnccn1)C(C)C)C(C)C. The summed E-state index contributed by atoms with van der Waals surface area (Å²) in [6.45, 7) is 14.7. The van der Waals surface area contributed by atoms with Gasteiger partial charge in [-0.1, -0.05) is 60.5 Å². The van der Waals surface area contributed by atoms with E-state index in [2.05, 4.69) is 36.1 Å². The molecule has 0 spiro atoms. The first-order valence-corrected chi connectivity index (χ1v) is 15.5. The third-order valence-electron chi connectivity index (χ3n) is 7.60. The molecule has 46 heavy (non-hydrogen) atoms. The van der Waals surface area contributed by atoms with Crippen LogP contribution in [0.4, 0.5) is 0 Å². The molecule has 15 nitrogen and oxygen atoms in total. The molecule has 15 heteroatoms. The van der Waals surface area contributed by atoms with Crippen LogP contribution in [0, 0.1) is 11.8 Å². The van der Waals surface area contributed by atoms with Gasteiger partial charge >= 0.3 is 0 Å². The number of carbonyl (C=O) groups is 5. The van der Waals surface area contributed by atoms with Gasteiger partial charge in [-0.15, -0.1) is 0 Å². The molecule has 3 N–H and O–H groups in total. The zero-order valence-electron chi connectivity index (χ0n) is 27.8. The van der Waals surface area contributed by atoms with Crippen molar-refractivity contribution in [2.45, 2.75) is 111 Å². The second-order valence-corrected chi connectivity index (χ2v) is 13.1. The Morgan fingerprint density at radius 1 is 1.07 bits per heavy atom. The smallest absolute Gasteiger partial charge is 0.272 e. The van der Waals surface area contributed by atoms with Crippen LogP contribution in [0.15, 0.2) is 23.1 Å². The maximum absolute atomic E-state index is 14.1. The van der Waals surface area contributed by atoms with E-state index in [1.807, 2.05) is 20.8 Å². The summed E-state index contributed by atoms with van der Waals surface area (Å²) in [4.78, 5) is 78.9. The number of aldehydes is 1. The maximum Gasteiger partial charge on any atom is 0.272 e. The van der Waals surface area contributed by atoms with Crippen LogP contribution in [-0.2, 0) is 35.9 Å². The Kier molecular flexibility index (Phi) is 12.5. The van der Waals surface area contributed by atoms with Gasteiger partial charge in [0.25, 0.3) is 5.91 Å². The molecule has 0 radical (unpaired) electrons. The molecule has 0 bridgehead atoms. The molecule has 2 aromatic heterocycles. The van der Waals surface area contributed by atoms with Crippen molar-refractivity contribution in [1.29, 1.82) is 0 Å². The molecular formula is C31H46N8O7.